The van der Waals surface area contributed by atoms with Crippen molar-refractivity contribution in [2.45, 2.75) is 13.8 Å². The average molecular weight is 189 g/mol. The summed E-state index contributed by atoms with van der Waals surface area (Å²) in [5.41, 5.74) is -1.21. The lowest BCUT2D eigenvalue weighted by Crippen LogP contribution is -2.37. The maximum atomic E-state index is 11.4. The van der Waals surface area contributed by atoms with Crippen LogP contribution in [0.2, 0.25) is 0 Å². The second kappa shape index (κ2) is 4.11. The average Bonchev–Trinajstić information content (AvgIpc) is 2.17. The van der Waals surface area contributed by atoms with Crippen molar-refractivity contribution < 1.29 is 0 Å². The predicted molar refractivity (Wildman–Crippen MR) is 50.5 cm³/mol. The van der Waals surface area contributed by atoms with E-state index in [0.29, 0.717) is 0 Å². The van der Waals surface area contributed by atoms with E-state index >= 15 is 0 Å². The fraction of sp³-hybridized carbons (Fsp3) is 0.222. The first-order chi connectivity index (χ1) is 6.70. The molecule has 0 aliphatic rings. The number of aromatic nitrogens is 3. The van der Waals surface area contributed by atoms with Crippen molar-refractivity contribution >= 4 is 0 Å². The molecular weight excluding hydrogens is 182 g/mol. The zero-order valence-corrected chi connectivity index (χ0v) is 7.74. The Labute approximate surface area is 80.0 Å². The first-order valence-electron chi connectivity index (χ1n) is 3.77. The Morgan fingerprint density at radius 1 is 1.21 bits per heavy atom. The molecule has 1 aromatic heterocycles. The summed E-state index contributed by atoms with van der Waals surface area (Å²) in [4.78, 5) is 22.6. The molecule has 5 heteroatoms. The Morgan fingerprint density at radius 3 is 2.43 bits per heavy atom. The molecule has 0 aliphatic carbocycles. The van der Waals surface area contributed by atoms with E-state index in [9.17, 15) is 9.59 Å². The molecule has 0 aromatic carbocycles. The van der Waals surface area contributed by atoms with Crippen LogP contribution in [0, 0.1) is 23.9 Å². The Hall–Kier alpha value is -2.27. The molecule has 70 valence electrons. The Balaban J connectivity index is 3.60. The van der Waals surface area contributed by atoms with Crippen LogP contribution >= 0.6 is 0 Å². The molecule has 0 bridgehead atoms. The fourth-order valence-corrected chi connectivity index (χ4v) is 0.801. The predicted octanol–water partition coefficient (Wildman–Crippen LogP) is -0.937. The van der Waals surface area contributed by atoms with Gasteiger partial charge in [-0.2, -0.15) is 9.67 Å². The van der Waals surface area contributed by atoms with Crippen LogP contribution in [0.15, 0.2) is 15.8 Å². The van der Waals surface area contributed by atoms with E-state index in [0.717, 1.165) is 15.4 Å². The van der Waals surface area contributed by atoms with Crippen molar-refractivity contribution in [3.63, 3.8) is 0 Å². The Morgan fingerprint density at radius 2 is 1.86 bits per heavy atom. The molecule has 0 radical (unpaired) electrons. The molecule has 1 aromatic rings. The van der Waals surface area contributed by atoms with Gasteiger partial charge in [-0.05, 0) is 13.8 Å². The van der Waals surface area contributed by atoms with Gasteiger partial charge < -0.3 is 0 Å². The van der Waals surface area contributed by atoms with Gasteiger partial charge in [0.2, 0.25) is 0 Å². The van der Waals surface area contributed by atoms with Crippen molar-refractivity contribution in [3.05, 3.63) is 27.0 Å². The van der Waals surface area contributed by atoms with Crippen molar-refractivity contribution in [1.82, 2.24) is 14.3 Å². The van der Waals surface area contributed by atoms with Gasteiger partial charge in [0, 0.05) is 12.1 Å². The summed E-state index contributed by atoms with van der Waals surface area (Å²) in [5.74, 6) is 4.96. The lowest BCUT2D eigenvalue weighted by atomic mass is 10.7. The van der Waals surface area contributed by atoms with Gasteiger partial charge in [-0.1, -0.05) is 11.8 Å². The van der Waals surface area contributed by atoms with Gasteiger partial charge >= 0.3 is 5.69 Å². The minimum atomic E-state index is -0.652. The van der Waals surface area contributed by atoms with Crippen LogP contribution in [-0.2, 0) is 0 Å². The van der Waals surface area contributed by atoms with Crippen LogP contribution in [0.1, 0.15) is 13.8 Å². The van der Waals surface area contributed by atoms with Gasteiger partial charge in [0.1, 0.15) is 6.20 Å². The van der Waals surface area contributed by atoms with E-state index in [1.807, 2.05) is 0 Å². The van der Waals surface area contributed by atoms with Crippen molar-refractivity contribution in [1.29, 1.82) is 0 Å². The quantitative estimate of drug-likeness (QED) is 0.495. The molecule has 0 spiro atoms. The van der Waals surface area contributed by atoms with E-state index in [2.05, 4.69) is 29.0 Å². The van der Waals surface area contributed by atoms with E-state index in [4.69, 9.17) is 0 Å². The van der Waals surface area contributed by atoms with E-state index in [-0.39, 0.29) is 0 Å². The zero-order valence-electron chi connectivity index (χ0n) is 7.74. The van der Waals surface area contributed by atoms with Crippen LogP contribution in [0.3, 0.4) is 0 Å². The molecular formula is C9H7N3O2. The molecule has 0 fully saturated rings. The third-order valence-electron chi connectivity index (χ3n) is 1.32. The van der Waals surface area contributed by atoms with Crippen molar-refractivity contribution in [2.24, 2.45) is 0 Å². The van der Waals surface area contributed by atoms with E-state index in [1.54, 1.807) is 6.92 Å². The molecule has 0 N–H and O–H groups in total. The van der Waals surface area contributed by atoms with Crippen molar-refractivity contribution in [3.8, 4) is 23.9 Å². The summed E-state index contributed by atoms with van der Waals surface area (Å²) in [6, 6.07) is 4.77. The summed E-state index contributed by atoms with van der Waals surface area (Å²) in [6.45, 7) is 3.09. The molecule has 0 aliphatic heterocycles. The maximum absolute atomic E-state index is 11.4. The number of hydrogen-bond acceptors (Lipinski definition) is 3. The van der Waals surface area contributed by atoms with Gasteiger partial charge in [0.05, 0.1) is 0 Å². The summed E-state index contributed by atoms with van der Waals surface area (Å²) in [5, 5.41) is 3.54. The highest BCUT2D eigenvalue weighted by Crippen LogP contribution is 1.66. The summed E-state index contributed by atoms with van der Waals surface area (Å²) >= 11 is 0. The largest absolute Gasteiger partial charge is 0.371 e. The van der Waals surface area contributed by atoms with Gasteiger partial charge in [-0.3, -0.25) is 4.79 Å². The monoisotopic (exact) mass is 189 g/mol. The third-order valence-corrected chi connectivity index (χ3v) is 1.32. The molecule has 5 nitrogen and oxygen atoms in total. The van der Waals surface area contributed by atoms with Crippen LogP contribution in [0.5, 0.6) is 0 Å². The lowest BCUT2D eigenvalue weighted by Gasteiger charge is -1.94. The highest BCUT2D eigenvalue weighted by atomic mass is 16.2. The fourth-order valence-electron chi connectivity index (χ4n) is 0.801. The second-order valence-corrected chi connectivity index (χ2v) is 2.24. The van der Waals surface area contributed by atoms with Gasteiger partial charge in [-0.25, -0.2) is 4.79 Å². The zero-order chi connectivity index (χ0) is 10.6. The van der Waals surface area contributed by atoms with Gasteiger partial charge in [0.25, 0.3) is 5.56 Å². The molecule has 1 heterocycles. The second-order valence-electron chi connectivity index (χ2n) is 2.24. The molecule has 0 amide bonds. The smallest absolute Gasteiger partial charge is 0.266 e. The minimum Gasteiger partial charge on any atom is -0.266 e. The Bertz CT molecular complexity index is 572. The first-order valence-corrected chi connectivity index (χ1v) is 3.77. The number of hydrogen-bond donors (Lipinski definition) is 0. The van der Waals surface area contributed by atoms with E-state index in [1.165, 1.54) is 6.92 Å². The van der Waals surface area contributed by atoms with E-state index < -0.39 is 11.2 Å². The Kier molecular flexibility index (Phi) is 2.88. The lowest BCUT2D eigenvalue weighted by molar-refractivity contribution is 0.726. The van der Waals surface area contributed by atoms with Gasteiger partial charge in [0.15, 0.2) is 0 Å². The molecule has 0 saturated carbocycles. The highest BCUT2D eigenvalue weighted by Gasteiger charge is 2.01. The SMILES string of the molecule is CC#Cn1ncc(=O)n(C#CC)c1=O. The third kappa shape index (κ3) is 1.73. The molecule has 0 saturated heterocycles. The summed E-state index contributed by atoms with van der Waals surface area (Å²) in [6.07, 6.45) is 0.996. The minimum absolute atomic E-state index is 0.557. The highest BCUT2D eigenvalue weighted by molar-refractivity contribution is 5.03. The summed E-state index contributed by atoms with van der Waals surface area (Å²) in [7, 11) is 0. The van der Waals surface area contributed by atoms with Crippen LogP contribution in [0.4, 0.5) is 0 Å². The molecule has 14 heavy (non-hydrogen) atoms. The number of nitrogens with zero attached hydrogens (tertiary/aromatic N) is 3. The first kappa shape index (κ1) is 9.82. The van der Waals surface area contributed by atoms with Gasteiger partial charge in [-0.15, -0.1) is 4.68 Å². The van der Waals surface area contributed by atoms with Crippen LogP contribution in [-0.4, -0.2) is 14.3 Å². The van der Waals surface area contributed by atoms with Crippen LogP contribution < -0.4 is 11.2 Å². The topological polar surface area (TPSA) is 56.9 Å². The van der Waals surface area contributed by atoms with Crippen LogP contribution in [0.25, 0.3) is 0 Å². The molecule has 0 unspecified atom stereocenters. The summed E-state index contributed by atoms with van der Waals surface area (Å²) < 4.78 is 1.63. The maximum Gasteiger partial charge on any atom is 0.371 e. The molecule has 1 rings (SSSR count). The van der Waals surface area contributed by atoms with Crippen molar-refractivity contribution in [2.75, 3.05) is 0 Å². The normalized spacial score (nSPS) is 8.14. The molecule has 0 atom stereocenters. The standard InChI is InChI=1S/C9H7N3O2/c1-3-5-11-8(13)7-10-12(6-4-2)9(11)14/h7H,1-2H3. The number of rotatable bonds is 0.